The van der Waals surface area contributed by atoms with Gasteiger partial charge in [0.2, 0.25) is 0 Å². The molecule has 0 spiro atoms. The van der Waals surface area contributed by atoms with E-state index in [4.69, 9.17) is 21.7 Å². The Morgan fingerprint density at radius 3 is 2.62 bits per heavy atom. The molecule has 2 aliphatic heterocycles. The largest absolute Gasteiger partial charge is 0.493 e. The number of pyridine rings is 1. The molecule has 1 atom stereocenters. The van der Waals surface area contributed by atoms with Gasteiger partial charge in [0.05, 0.1) is 19.1 Å². The van der Waals surface area contributed by atoms with Crippen LogP contribution in [0.15, 0.2) is 27.9 Å². The van der Waals surface area contributed by atoms with Crippen LogP contribution in [0, 0.1) is 24.2 Å². The molecule has 2 fully saturated rings. The highest BCUT2D eigenvalue weighted by molar-refractivity contribution is 8.26. The number of hydrogen-bond acceptors (Lipinski definition) is 8. The summed E-state index contributed by atoms with van der Waals surface area (Å²) < 4.78 is 12.9. The number of rotatable bonds is 8. The highest BCUT2D eigenvalue weighted by Crippen LogP contribution is 2.37. The number of hydrogen-bond donors (Lipinski definition) is 0. The lowest BCUT2D eigenvalue weighted by Gasteiger charge is -2.35. The Morgan fingerprint density at radius 1 is 1.23 bits per heavy atom. The number of methoxy groups -OCH3 is 2. The quantitative estimate of drug-likeness (QED) is 0.334. The van der Waals surface area contributed by atoms with Crippen LogP contribution in [0.25, 0.3) is 6.08 Å². The van der Waals surface area contributed by atoms with Crippen LogP contribution in [-0.4, -0.2) is 53.5 Å². The molecule has 2 aliphatic rings. The number of thiocarbonyl (C=S) groups is 1. The van der Waals surface area contributed by atoms with Crippen molar-refractivity contribution in [1.29, 1.82) is 5.26 Å². The van der Waals surface area contributed by atoms with E-state index in [9.17, 15) is 14.9 Å². The Morgan fingerprint density at radius 2 is 1.97 bits per heavy atom. The normalized spacial score (nSPS) is 18.6. The first kappa shape index (κ1) is 28.7. The van der Waals surface area contributed by atoms with Gasteiger partial charge in [-0.05, 0) is 68.4 Å². The maximum Gasteiger partial charge on any atom is 0.270 e. The molecule has 1 unspecified atom stereocenters. The number of thioether (sulfide) groups is 1. The van der Waals surface area contributed by atoms with Crippen LogP contribution in [0.4, 0.5) is 5.82 Å². The summed E-state index contributed by atoms with van der Waals surface area (Å²) in [5.74, 6) is 2.37. The maximum absolute atomic E-state index is 13.5. The zero-order chi connectivity index (χ0) is 28.3. The summed E-state index contributed by atoms with van der Waals surface area (Å²) in [4.78, 5) is 31.1. The number of nitrogens with zero attached hydrogens (tertiary/aromatic N) is 4. The predicted molar refractivity (Wildman–Crippen MR) is 160 cm³/mol. The fourth-order valence-corrected chi connectivity index (χ4v) is 6.55. The first-order valence-corrected chi connectivity index (χ1v) is 14.3. The number of ether oxygens (including phenoxy) is 2. The van der Waals surface area contributed by atoms with Crippen molar-refractivity contribution in [2.45, 2.75) is 46.6 Å². The summed E-state index contributed by atoms with van der Waals surface area (Å²) in [7, 11) is 3.18. The average Bonchev–Trinajstić information content (AvgIpc) is 3.20. The molecule has 2 saturated heterocycles. The summed E-state index contributed by atoms with van der Waals surface area (Å²) in [6, 6.07) is 7.79. The van der Waals surface area contributed by atoms with Crippen LogP contribution in [0.1, 0.15) is 48.9 Å². The second-order valence-electron chi connectivity index (χ2n) is 9.86. The number of carbonyl (C=O) groups excluding carboxylic acids is 1. The first-order chi connectivity index (χ1) is 18.7. The Balaban J connectivity index is 1.69. The van der Waals surface area contributed by atoms with Crippen LogP contribution in [0.2, 0.25) is 0 Å². The molecule has 2 aromatic rings. The summed E-state index contributed by atoms with van der Waals surface area (Å²) >= 11 is 6.86. The molecular formula is C29H34N4O4S2. The molecule has 1 amide bonds. The Labute approximate surface area is 239 Å². The lowest BCUT2D eigenvalue weighted by molar-refractivity contribution is -0.122. The summed E-state index contributed by atoms with van der Waals surface area (Å²) in [5.41, 5.74) is 2.15. The van der Waals surface area contributed by atoms with Crippen LogP contribution in [-0.2, 0) is 17.8 Å². The van der Waals surface area contributed by atoms with E-state index in [1.54, 1.807) is 30.6 Å². The Bertz CT molecular complexity index is 1430. The third kappa shape index (κ3) is 5.70. The molecule has 10 heteroatoms. The van der Waals surface area contributed by atoms with Gasteiger partial charge in [-0.1, -0.05) is 37.0 Å². The van der Waals surface area contributed by atoms with Crippen molar-refractivity contribution in [2.75, 3.05) is 38.8 Å². The molecule has 0 saturated carbocycles. The zero-order valence-electron chi connectivity index (χ0n) is 23.1. The molecule has 0 bridgehead atoms. The minimum Gasteiger partial charge on any atom is -0.493 e. The summed E-state index contributed by atoms with van der Waals surface area (Å²) in [6.07, 6.45) is 4.58. The van der Waals surface area contributed by atoms with Crippen LogP contribution < -0.4 is 19.9 Å². The lowest BCUT2D eigenvalue weighted by Crippen LogP contribution is -2.40. The minimum atomic E-state index is -0.287. The number of carbonyl (C=O) groups is 1. The van der Waals surface area contributed by atoms with Gasteiger partial charge in [0.1, 0.15) is 21.8 Å². The monoisotopic (exact) mass is 566 g/mol. The van der Waals surface area contributed by atoms with Gasteiger partial charge in [-0.3, -0.25) is 19.1 Å². The van der Waals surface area contributed by atoms with E-state index in [2.05, 4.69) is 17.9 Å². The third-order valence-electron chi connectivity index (χ3n) is 7.34. The smallest absolute Gasteiger partial charge is 0.270 e. The number of aromatic nitrogens is 1. The van der Waals surface area contributed by atoms with E-state index in [0.29, 0.717) is 51.7 Å². The van der Waals surface area contributed by atoms with Crippen molar-refractivity contribution in [3.05, 3.63) is 55.7 Å². The molecular weight excluding hydrogens is 532 g/mol. The average molecular weight is 567 g/mol. The van der Waals surface area contributed by atoms with Gasteiger partial charge in [-0.15, -0.1) is 0 Å². The maximum atomic E-state index is 13.5. The molecule has 39 heavy (non-hydrogen) atoms. The number of nitriles is 1. The van der Waals surface area contributed by atoms with E-state index in [1.165, 1.54) is 11.8 Å². The van der Waals surface area contributed by atoms with Crippen molar-refractivity contribution < 1.29 is 14.3 Å². The molecule has 0 aliphatic carbocycles. The molecule has 4 rings (SSSR count). The van der Waals surface area contributed by atoms with Gasteiger partial charge < -0.3 is 14.4 Å². The Kier molecular flexibility index (Phi) is 9.03. The van der Waals surface area contributed by atoms with Gasteiger partial charge in [0.15, 0.2) is 11.5 Å². The minimum absolute atomic E-state index is 0.112. The van der Waals surface area contributed by atoms with E-state index in [0.717, 1.165) is 42.9 Å². The fraction of sp³-hybridized carbons (Fsp3) is 0.448. The van der Waals surface area contributed by atoms with Crippen molar-refractivity contribution in [1.82, 2.24) is 9.47 Å². The van der Waals surface area contributed by atoms with Crippen molar-refractivity contribution in [3.8, 4) is 17.6 Å². The molecule has 0 N–H and O–H groups in total. The molecule has 0 radical (unpaired) electrons. The highest BCUT2D eigenvalue weighted by Gasteiger charge is 2.33. The number of piperidine rings is 1. The number of benzene rings is 1. The molecule has 1 aromatic carbocycles. The summed E-state index contributed by atoms with van der Waals surface area (Å²) in [6.45, 7) is 8.40. The lowest BCUT2D eigenvalue weighted by atomic mass is 9.98. The Hall–Kier alpha value is -3.29. The summed E-state index contributed by atoms with van der Waals surface area (Å²) in [5, 5.41) is 9.82. The van der Waals surface area contributed by atoms with Crippen molar-refractivity contribution in [2.24, 2.45) is 5.92 Å². The van der Waals surface area contributed by atoms with Crippen LogP contribution >= 0.6 is 24.0 Å². The second-order valence-corrected chi connectivity index (χ2v) is 11.5. The van der Waals surface area contributed by atoms with E-state index >= 15 is 0 Å². The third-order valence-corrected chi connectivity index (χ3v) is 8.72. The number of amides is 1. The molecule has 3 heterocycles. The molecule has 1 aromatic heterocycles. The zero-order valence-corrected chi connectivity index (χ0v) is 24.7. The van der Waals surface area contributed by atoms with E-state index < -0.39 is 0 Å². The van der Waals surface area contributed by atoms with Gasteiger partial charge in [-0.2, -0.15) is 5.26 Å². The van der Waals surface area contributed by atoms with Crippen molar-refractivity contribution in [3.63, 3.8) is 0 Å². The van der Waals surface area contributed by atoms with Crippen LogP contribution in [0.3, 0.4) is 0 Å². The predicted octanol–water partition coefficient (Wildman–Crippen LogP) is 4.75. The van der Waals surface area contributed by atoms with Gasteiger partial charge in [0.25, 0.3) is 11.5 Å². The van der Waals surface area contributed by atoms with Gasteiger partial charge in [0, 0.05) is 31.7 Å². The number of anilines is 1. The molecule has 8 nitrogen and oxygen atoms in total. The van der Waals surface area contributed by atoms with Crippen LogP contribution in [0.5, 0.6) is 11.5 Å². The van der Waals surface area contributed by atoms with E-state index in [1.807, 2.05) is 31.2 Å². The fourth-order valence-electron chi connectivity index (χ4n) is 5.26. The van der Waals surface area contributed by atoms with Crippen molar-refractivity contribution >= 4 is 46.1 Å². The topological polar surface area (TPSA) is 87.8 Å². The second kappa shape index (κ2) is 12.3. The van der Waals surface area contributed by atoms with Gasteiger partial charge in [-0.25, -0.2) is 0 Å². The SMILES string of the molecule is CCn1c(N2CCCC(C)C2)c(/C=C2/SC(=S)N(CCc3ccc(OC)c(OC)c3)C2=O)c(C)c(C#N)c1=O. The van der Waals surface area contributed by atoms with E-state index in [-0.39, 0.29) is 17.0 Å². The standard InChI is InChI=1S/C29H34N4O4S2/c1-6-32-26(31-12-7-8-18(2)17-31)21(19(3)22(16-30)27(32)34)15-25-28(35)33(29(38)39-25)13-11-20-9-10-23(36-4)24(14-20)37-5/h9-10,14-15,18H,6-8,11-13,17H2,1-5H3/b25-15+. The molecule has 206 valence electrons. The first-order valence-electron chi connectivity index (χ1n) is 13.1. The highest BCUT2D eigenvalue weighted by atomic mass is 32.2. The van der Waals surface area contributed by atoms with Gasteiger partial charge >= 0.3 is 0 Å².